The van der Waals surface area contributed by atoms with E-state index in [2.05, 4.69) is 0 Å². The highest BCUT2D eigenvalue weighted by atomic mass is 32.2. The van der Waals surface area contributed by atoms with Gasteiger partial charge >= 0.3 is 6.09 Å². The molecule has 114 valence electrons. The molecule has 0 aliphatic heterocycles. The number of amides is 1. The quantitative estimate of drug-likeness (QED) is 0.919. The maximum Gasteiger partial charge on any atom is 0.410 e. The molecule has 6 nitrogen and oxygen atoms in total. The van der Waals surface area contributed by atoms with Gasteiger partial charge in [-0.05, 0) is 20.8 Å². The summed E-state index contributed by atoms with van der Waals surface area (Å²) in [5, 5.41) is 6.20. The molecular weight excluding hydrogens is 307 g/mol. The van der Waals surface area contributed by atoms with Crippen LogP contribution in [0.4, 0.5) is 9.18 Å². The summed E-state index contributed by atoms with van der Waals surface area (Å²) in [4.78, 5) is 12.9. The molecule has 0 saturated heterocycles. The van der Waals surface area contributed by atoms with Crippen molar-refractivity contribution in [2.24, 2.45) is 5.14 Å². The molecule has 1 aromatic heterocycles. The smallest absolute Gasteiger partial charge is 0.410 e. The van der Waals surface area contributed by atoms with E-state index in [0.717, 1.165) is 4.90 Å². The number of halogens is 1. The van der Waals surface area contributed by atoms with Gasteiger partial charge in [0.2, 0.25) is 0 Å². The third-order valence-corrected chi connectivity index (χ3v) is 4.62. The van der Waals surface area contributed by atoms with Gasteiger partial charge in [0.05, 0.1) is 6.54 Å². The Labute approximate surface area is 121 Å². The van der Waals surface area contributed by atoms with Crippen molar-refractivity contribution in [3.8, 4) is 0 Å². The number of carbonyl (C=O) groups excluding carboxylic acids is 1. The normalized spacial score (nSPS) is 12.3. The lowest BCUT2D eigenvalue weighted by molar-refractivity contribution is 0.0284. The van der Waals surface area contributed by atoms with Gasteiger partial charge in [0.1, 0.15) is 5.60 Å². The summed E-state index contributed by atoms with van der Waals surface area (Å²) >= 11 is 0.683. The van der Waals surface area contributed by atoms with E-state index in [1.165, 1.54) is 12.4 Å². The first-order valence-corrected chi connectivity index (χ1v) is 8.07. The molecule has 0 aromatic carbocycles. The maximum absolute atomic E-state index is 13.9. The minimum atomic E-state index is -4.09. The summed E-state index contributed by atoms with van der Waals surface area (Å²) in [6.07, 6.45) is -0.625. The van der Waals surface area contributed by atoms with Crippen LogP contribution in [-0.4, -0.2) is 32.1 Å². The standard InChI is InChI=1S/C11H17FN2O4S2/c1-11(2,3)18-10(15)14(4)5-7-6-19-9(8(7)12)20(13,16)17/h6H,5H2,1-4H3,(H2,13,16,17). The number of hydrogen-bond donors (Lipinski definition) is 1. The average Bonchev–Trinajstić information content (AvgIpc) is 2.57. The first-order chi connectivity index (χ1) is 8.92. The highest BCUT2D eigenvalue weighted by molar-refractivity contribution is 7.91. The Morgan fingerprint density at radius 2 is 2.05 bits per heavy atom. The van der Waals surface area contributed by atoms with Crippen LogP contribution in [0.2, 0.25) is 0 Å². The lowest BCUT2D eigenvalue weighted by Gasteiger charge is -2.24. The first-order valence-electron chi connectivity index (χ1n) is 5.64. The summed E-state index contributed by atoms with van der Waals surface area (Å²) in [6, 6.07) is 0. The number of primary sulfonamides is 1. The van der Waals surface area contributed by atoms with Crippen LogP contribution in [0.5, 0.6) is 0 Å². The summed E-state index contributed by atoms with van der Waals surface area (Å²) in [5.74, 6) is -0.923. The molecule has 1 aromatic rings. The van der Waals surface area contributed by atoms with Crippen LogP contribution < -0.4 is 5.14 Å². The zero-order valence-corrected chi connectivity index (χ0v) is 13.3. The van der Waals surface area contributed by atoms with Gasteiger partial charge in [-0.3, -0.25) is 0 Å². The highest BCUT2D eigenvalue weighted by Gasteiger charge is 2.24. The minimum Gasteiger partial charge on any atom is -0.444 e. The number of nitrogens with two attached hydrogens (primary N) is 1. The molecule has 0 bridgehead atoms. The topological polar surface area (TPSA) is 89.7 Å². The Morgan fingerprint density at radius 1 is 1.50 bits per heavy atom. The fourth-order valence-corrected chi connectivity index (χ4v) is 3.04. The molecule has 1 rings (SSSR count). The van der Waals surface area contributed by atoms with Crippen LogP contribution in [0.3, 0.4) is 0 Å². The van der Waals surface area contributed by atoms with Gasteiger partial charge in [-0.2, -0.15) is 0 Å². The van der Waals surface area contributed by atoms with Crippen molar-refractivity contribution in [1.29, 1.82) is 0 Å². The lowest BCUT2D eigenvalue weighted by atomic mass is 10.2. The fourth-order valence-electron chi connectivity index (χ4n) is 1.32. The molecule has 2 N–H and O–H groups in total. The average molecular weight is 324 g/mol. The maximum atomic E-state index is 13.9. The number of ether oxygens (including phenoxy) is 1. The number of nitrogens with zero attached hydrogens (tertiary/aromatic N) is 1. The second kappa shape index (κ2) is 5.66. The summed E-state index contributed by atoms with van der Waals surface area (Å²) in [7, 11) is -2.66. The van der Waals surface area contributed by atoms with E-state index in [-0.39, 0.29) is 12.1 Å². The van der Waals surface area contributed by atoms with E-state index in [1.807, 2.05) is 0 Å². The summed E-state index contributed by atoms with van der Waals surface area (Å²) in [6.45, 7) is 5.03. The number of thiophene rings is 1. The SMILES string of the molecule is CN(Cc1csc(S(N)(=O)=O)c1F)C(=O)OC(C)(C)C. The summed E-state index contributed by atoms with van der Waals surface area (Å²) in [5.41, 5.74) is -0.586. The first kappa shape index (κ1) is 16.9. The molecule has 20 heavy (non-hydrogen) atoms. The van der Waals surface area contributed by atoms with Gasteiger partial charge in [0, 0.05) is 18.0 Å². The van der Waals surface area contributed by atoms with Crippen molar-refractivity contribution in [1.82, 2.24) is 4.90 Å². The van der Waals surface area contributed by atoms with Crippen LogP contribution in [0, 0.1) is 5.82 Å². The van der Waals surface area contributed by atoms with Gasteiger partial charge in [-0.15, -0.1) is 11.3 Å². The van der Waals surface area contributed by atoms with Crippen molar-refractivity contribution in [3.63, 3.8) is 0 Å². The predicted octanol–water partition coefficient (Wildman–Crippen LogP) is 1.90. The second-order valence-electron chi connectivity index (χ2n) is 5.24. The van der Waals surface area contributed by atoms with Crippen molar-refractivity contribution < 1.29 is 22.3 Å². The molecule has 0 aliphatic carbocycles. The Hall–Kier alpha value is -1.19. The number of hydrogen-bond acceptors (Lipinski definition) is 5. The number of rotatable bonds is 3. The summed E-state index contributed by atoms with van der Waals surface area (Å²) < 4.78 is 40.7. The minimum absolute atomic E-state index is 0.0763. The monoisotopic (exact) mass is 324 g/mol. The van der Waals surface area contributed by atoms with Crippen LogP contribution in [0.25, 0.3) is 0 Å². The van der Waals surface area contributed by atoms with E-state index < -0.39 is 31.7 Å². The molecule has 9 heteroatoms. The number of sulfonamides is 1. The van der Waals surface area contributed by atoms with Crippen molar-refractivity contribution in [3.05, 3.63) is 16.8 Å². The fraction of sp³-hybridized carbons (Fsp3) is 0.545. The molecule has 0 atom stereocenters. The third kappa shape index (κ3) is 4.43. The predicted molar refractivity (Wildman–Crippen MR) is 73.4 cm³/mol. The van der Waals surface area contributed by atoms with Gasteiger partial charge in [0.15, 0.2) is 10.0 Å². The highest BCUT2D eigenvalue weighted by Crippen LogP contribution is 2.25. The van der Waals surface area contributed by atoms with E-state index in [0.29, 0.717) is 11.3 Å². The Morgan fingerprint density at radius 3 is 2.45 bits per heavy atom. The van der Waals surface area contributed by atoms with Crippen molar-refractivity contribution >= 4 is 27.5 Å². The van der Waals surface area contributed by atoms with Crippen LogP contribution >= 0.6 is 11.3 Å². The van der Waals surface area contributed by atoms with Crippen LogP contribution in [0.1, 0.15) is 26.3 Å². The molecule has 0 unspecified atom stereocenters. The molecular formula is C11H17FN2O4S2. The zero-order chi connectivity index (χ0) is 15.7. The molecule has 1 amide bonds. The molecule has 0 spiro atoms. The van der Waals surface area contributed by atoms with E-state index >= 15 is 0 Å². The van der Waals surface area contributed by atoms with Gasteiger partial charge in [0.25, 0.3) is 10.0 Å². The van der Waals surface area contributed by atoms with Crippen molar-refractivity contribution in [2.45, 2.75) is 37.1 Å². The molecule has 0 aliphatic rings. The van der Waals surface area contributed by atoms with Crippen LogP contribution in [-0.2, 0) is 21.3 Å². The lowest BCUT2D eigenvalue weighted by Crippen LogP contribution is -2.33. The second-order valence-corrected chi connectivity index (χ2v) is 7.88. The molecule has 0 radical (unpaired) electrons. The van der Waals surface area contributed by atoms with Crippen molar-refractivity contribution in [2.75, 3.05) is 7.05 Å². The molecule has 0 fully saturated rings. The largest absolute Gasteiger partial charge is 0.444 e. The van der Waals surface area contributed by atoms with E-state index in [4.69, 9.17) is 9.88 Å². The Bertz CT molecular complexity index is 604. The van der Waals surface area contributed by atoms with Gasteiger partial charge in [-0.1, -0.05) is 0 Å². The zero-order valence-electron chi connectivity index (χ0n) is 11.6. The van der Waals surface area contributed by atoms with Gasteiger partial charge < -0.3 is 9.64 Å². The third-order valence-electron chi connectivity index (χ3n) is 2.14. The number of carbonyl (C=O) groups is 1. The molecule has 1 heterocycles. The molecule has 0 saturated carbocycles. The van der Waals surface area contributed by atoms with E-state index in [1.54, 1.807) is 20.8 Å². The Kier molecular flexibility index (Phi) is 4.78. The van der Waals surface area contributed by atoms with Gasteiger partial charge in [-0.25, -0.2) is 22.7 Å². The Balaban J connectivity index is 2.85. The van der Waals surface area contributed by atoms with E-state index in [9.17, 15) is 17.6 Å². The van der Waals surface area contributed by atoms with Crippen LogP contribution in [0.15, 0.2) is 9.59 Å².